The van der Waals surface area contributed by atoms with Crippen molar-refractivity contribution in [3.8, 4) is 6.07 Å². The number of nitrogens with zero attached hydrogens (tertiary/aromatic N) is 2. The Bertz CT molecular complexity index is 550. The van der Waals surface area contributed by atoms with Gasteiger partial charge in [0.2, 0.25) is 5.91 Å². The van der Waals surface area contributed by atoms with Gasteiger partial charge in [0.1, 0.15) is 0 Å². The van der Waals surface area contributed by atoms with Crippen LogP contribution in [-0.4, -0.2) is 36.1 Å². The Kier molecular flexibility index (Phi) is 4.54. The molecule has 0 aliphatic carbocycles. The SMILES string of the molecule is CC1COCC(C)N1C(=O)/C=C/c1cccc(C#N)c1. The molecule has 1 aromatic carbocycles. The van der Waals surface area contributed by atoms with Crippen molar-refractivity contribution in [2.45, 2.75) is 25.9 Å². The van der Waals surface area contributed by atoms with E-state index in [0.29, 0.717) is 18.8 Å². The molecule has 1 aliphatic heterocycles. The third-order valence-corrected chi connectivity index (χ3v) is 3.36. The second kappa shape index (κ2) is 6.36. The first-order valence-electron chi connectivity index (χ1n) is 6.70. The number of nitriles is 1. The fourth-order valence-corrected chi connectivity index (χ4v) is 2.40. The van der Waals surface area contributed by atoms with Crippen molar-refractivity contribution in [3.63, 3.8) is 0 Å². The lowest BCUT2D eigenvalue weighted by Gasteiger charge is -2.38. The van der Waals surface area contributed by atoms with Crippen molar-refractivity contribution in [3.05, 3.63) is 41.5 Å². The van der Waals surface area contributed by atoms with E-state index in [9.17, 15) is 4.79 Å². The number of rotatable bonds is 2. The molecular weight excluding hydrogens is 252 g/mol. The summed E-state index contributed by atoms with van der Waals surface area (Å²) in [6.07, 6.45) is 3.31. The molecule has 0 aromatic heterocycles. The van der Waals surface area contributed by atoms with Gasteiger partial charge < -0.3 is 9.64 Å². The van der Waals surface area contributed by atoms with Gasteiger partial charge in [-0.25, -0.2) is 0 Å². The van der Waals surface area contributed by atoms with Crippen LogP contribution in [0.25, 0.3) is 6.08 Å². The van der Waals surface area contributed by atoms with Gasteiger partial charge in [-0.1, -0.05) is 12.1 Å². The van der Waals surface area contributed by atoms with Crippen molar-refractivity contribution in [2.24, 2.45) is 0 Å². The number of hydrogen-bond donors (Lipinski definition) is 0. The molecule has 0 saturated carbocycles. The molecule has 1 amide bonds. The van der Waals surface area contributed by atoms with Gasteiger partial charge in [0.05, 0.1) is 36.9 Å². The molecule has 0 bridgehead atoms. The third-order valence-electron chi connectivity index (χ3n) is 3.36. The summed E-state index contributed by atoms with van der Waals surface area (Å²) in [6.45, 7) is 5.12. The highest BCUT2D eigenvalue weighted by molar-refractivity contribution is 5.92. The number of benzene rings is 1. The quantitative estimate of drug-likeness (QED) is 0.774. The molecule has 2 atom stereocenters. The highest BCUT2D eigenvalue weighted by Crippen LogP contribution is 2.14. The molecule has 20 heavy (non-hydrogen) atoms. The number of amides is 1. The lowest BCUT2D eigenvalue weighted by Crippen LogP contribution is -2.51. The van der Waals surface area contributed by atoms with Crippen molar-refractivity contribution in [1.29, 1.82) is 5.26 Å². The van der Waals surface area contributed by atoms with E-state index >= 15 is 0 Å². The zero-order valence-electron chi connectivity index (χ0n) is 11.7. The molecule has 4 heteroatoms. The van der Waals surface area contributed by atoms with Gasteiger partial charge in [-0.2, -0.15) is 5.26 Å². The highest BCUT2D eigenvalue weighted by Gasteiger charge is 2.28. The van der Waals surface area contributed by atoms with Crippen molar-refractivity contribution >= 4 is 12.0 Å². The summed E-state index contributed by atoms with van der Waals surface area (Å²) in [4.78, 5) is 14.1. The van der Waals surface area contributed by atoms with Gasteiger partial charge in [0.15, 0.2) is 0 Å². The molecule has 1 aromatic rings. The van der Waals surface area contributed by atoms with Crippen molar-refractivity contribution < 1.29 is 9.53 Å². The molecule has 2 unspecified atom stereocenters. The minimum atomic E-state index is -0.0179. The summed E-state index contributed by atoms with van der Waals surface area (Å²) < 4.78 is 5.41. The van der Waals surface area contributed by atoms with Gasteiger partial charge >= 0.3 is 0 Å². The first-order chi connectivity index (χ1) is 9.61. The van der Waals surface area contributed by atoms with E-state index in [0.717, 1.165) is 5.56 Å². The van der Waals surface area contributed by atoms with E-state index in [-0.39, 0.29) is 18.0 Å². The van der Waals surface area contributed by atoms with Crippen LogP contribution in [-0.2, 0) is 9.53 Å². The number of carbonyl (C=O) groups is 1. The van der Waals surface area contributed by atoms with Crippen LogP contribution in [0, 0.1) is 11.3 Å². The fourth-order valence-electron chi connectivity index (χ4n) is 2.40. The lowest BCUT2D eigenvalue weighted by molar-refractivity contribution is -0.138. The lowest BCUT2D eigenvalue weighted by atomic mass is 10.1. The van der Waals surface area contributed by atoms with E-state index in [1.807, 2.05) is 30.9 Å². The molecule has 104 valence electrons. The fraction of sp³-hybridized carbons (Fsp3) is 0.375. The summed E-state index contributed by atoms with van der Waals surface area (Å²) >= 11 is 0. The maximum absolute atomic E-state index is 12.3. The molecule has 0 spiro atoms. The summed E-state index contributed by atoms with van der Waals surface area (Å²) in [7, 11) is 0. The van der Waals surface area contributed by atoms with Crippen LogP contribution in [0.5, 0.6) is 0 Å². The van der Waals surface area contributed by atoms with Crippen LogP contribution >= 0.6 is 0 Å². The van der Waals surface area contributed by atoms with Crippen LogP contribution in [0.3, 0.4) is 0 Å². The number of ether oxygens (including phenoxy) is 1. The van der Waals surface area contributed by atoms with Crippen molar-refractivity contribution in [2.75, 3.05) is 13.2 Å². The molecule has 2 rings (SSSR count). The monoisotopic (exact) mass is 270 g/mol. The molecule has 1 fully saturated rings. The van der Waals surface area contributed by atoms with Crippen LogP contribution in [0.2, 0.25) is 0 Å². The summed E-state index contributed by atoms with van der Waals surface area (Å²) in [5.41, 5.74) is 1.44. The Labute approximate surface area is 119 Å². The average Bonchev–Trinajstić information content (AvgIpc) is 2.45. The maximum Gasteiger partial charge on any atom is 0.247 e. The first kappa shape index (κ1) is 14.3. The summed E-state index contributed by atoms with van der Waals surface area (Å²) in [5, 5.41) is 8.85. The van der Waals surface area contributed by atoms with Crippen LogP contribution in [0.1, 0.15) is 25.0 Å². The molecule has 4 nitrogen and oxygen atoms in total. The van der Waals surface area contributed by atoms with Gasteiger partial charge in [0, 0.05) is 6.08 Å². The highest BCUT2D eigenvalue weighted by atomic mass is 16.5. The minimum Gasteiger partial charge on any atom is -0.377 e. The third kappa shape index (κ3) is 3.25. The zero-order valence-corrected chi connectivity index (χ0v) is 11.7. The van der Waals surface area contributed by atoms with E-state index < -0.39 is 0 Å². The Morgan fingerprint density at radius 2 is 2.10 bits per heavy atom. The summed E-state index contributed by atoms with van der Waals surface area (Å²) in [6, 6.07) is 9.44. The van der Waals surface area contributed by atoms with Gasteiger partial charge in [-0.3, -0.25) is 4.79 Å². The number of hydrogen-bond acceptors (Lipinski definition) is 3. The predicted octanol–water partition coefficient (Wildman–Crippen LogP) is 2.21. The number of morpholine rings is 1. The largest absolute Gasteiger partial charge is 0.377 e. The normalized spacial score (nSPS) is 22.8. The molecule has 1 saturated heterocycles. The Hall–Kier alpha value is -2.12. The van der Waals surface area contributed by atoms with Crippen LogP contribution in [0.4, 0.5) is 0 Å². The molecule has 0 radical (unpaired) electrons. The second-order valence-corrected chi connectivity index (χ2v) is 5.05. The smallest absolute Gasteiger partial charge is 0.247 e. The van der Waals surface area contributed by atoms with Gasteiger partial charge in [-0.15, -0.1) is 0 Å². The molecule has 1 heterocycles. The zero-order chi connectivity index (χ0) is 14.5. The Morgan fingerprint density at radius 3 is 2.75 bits per heavy atom. The Balaban J connectivity index is 2.10. The second-order valence-electron chi connectivity index (χ2n) is 5.05. The van der Waals surface area contributed by atoms with E-state index in [1.165, 1.54) is 0 Å². The average molecular weight is 270 g/mol. The molecular formula is C16H18N2O2. The van der Waals surface area contributed by atoms with Crippen LogP contribution in [0.15, 0.2) is 30.3 Å². The van der Waals surface area contributed by atoms with E-state index in [2.05, 4.69) is 6.07 Å². The summed E-state index contributed by atoms with van der Waals surface area (Å²) in [5.74, 6) is -0.0179. The predicted molar refractivity (Wildman–Crippen MR) is 76.8 cm³/mol. The maximum atomic E-state index is 12.3. The topological polar surface area (TPSA) is 53.3 Å². The molecule has 0 N–H and O–H groups in total. The van der Waals surface area contributed by atoms with Crippen LogP contribution < -0.4 is 0 Å². The Morgan fingerprint density at radius 1 is 1.40 bits per heavy atom. The van der Waals surface area contributed by atoms with Gasteiger partial charge in [-0.05, 0) is 37.6 Å². The van der Waals surface area contributed by atoms with E-state index in [1.54, 1.807) is 24.3 Å². The van der Waals surface area contributed by atoms with Gasteiger partial charge in [0.25, 0.3) is 0 Å². The molecule has 1 aliphatic rings. The first-order valence-corrected chi connectivity index (χ1v) is 6.70. The van der Waals surface area contributed by atoms with Crippen molar-refractivity contribution in [1.82, 2.24) is 4.90 Å². The number of carbonyl (C=O) groups excluding carboxylic acids is 1. The minimum absolute atomic E-state index is 0.0179. The van der Waals surface area contributed by atoms with E-state index in [4.69, 9.17) is 10.00 Å². The standard InChI is InChI=1S/C16H18N2O2/c1-12-10-20-11-13(2)18(12)16(19)7-6-14-4-3-5-15(8-14)9-17/h3-8,12-13H,10-11H2,1-2H3/b7-6+.